The Morgan fingerprint density at radius 2 is 1.94 bits per heavy atom. The second kappa shape index (κ2) is 6.77. The number of nitrogens with one attached hydrogen (secondary N) is 1. The molecule has 1 unspecified atom stereocenters. The minimum absolute atomic E-state index is 0.417. The predicted molar refractivity (Wildman–Crippen MR) is 73.3 cm³/mol. The largest absolute Gasteiger partial charge is 0.383 e. The molecule has 0 aliphatic heterocycles. The molecule has 0 fully saturated rings. The van der Waals surface area contributed by atoms with Gasteiger partial charge in [0.1, 0.15) is 0 Å². The van der Waals surface area contributed by atoms with E-state index in [0.717, 1.165) is 13.2 Å². The van der Waals surface area contributed by atoms with Gasteiger partial charge in [-0.1, -0.05) is 37.6 Å². The molecular weight excluding hydrogens is 210 g/mol. The Morgan fingerprint density at radius 3 is 2.53 bits per heavy atom. The summed E-state index contributed by atoms with van der Waals surface area (Å²) in [7, 11) is 1.76. The molecule has 0 bridgehead atoms. The summed E-state index contributed by atoms with van der Waals surface area (Å²) in [5.74, 6) is 0.583. The van der Waals surface area contributed by atoms with Crippen LogP contribution in [0, 0.1) is 19.8 Å². The fourth-order valence-electron chi connectivity index (χ4n) is 1.90. The van der Waals surface area contributed by atoms with E-state index in [1.54, 1.807) is 7.11 Å². The summed E-state index contributed by atoms with van der Waals surface area (Å²) >= 11 is 0. The summed E-state index contributed by atoms with van der Waals surface area (Å²) < 4.78 is 5.25. The van der Waals surface area contributed by atoms with Crippen LogP contribution in [0.4, 0.5) is 0 Å². The van der Waals surface area contributed by atoms with Gasteiger partial charge in [0.2, 0.25) is 0 Å². The Balaban J connectivity index is 2.61. The summed E-state index contributed by atoms with van der Waals surface area (Å²) in [5.41, 5.74) is 4.05. The van der Waals surface area contributed by atoms with E-state index in [1.165, 1.54) is 16.7 Å². The van der Waals surface area contributed by atoms with E-state index in [0.29, 0.717) is 12.0 Å². The van der Waals surface area contributed by atoms with Crippen LogP contribution in [0.15, 0.2) is 18.2 Å². The van der Waals surface area contributed by atoms with E-state index < -0.39 is 0 Å². The first-order valence-corrected chi connectivity index (χ1v) is 6.33. The fraction of sp³-hybridized carbons (Fsp3) is 0.600. The number of ether oxygens (including phenoxy) is 1. The van der Waals surface area contributed by atoms with Crippen molar-refractivity contribution in [3.63, 3.8) is 0 Å². The van der Waals surface area contributed by atoms with Crippen molar-refractivity contribution in [1.29, 1.82) is 0 Å². The van der Waals surface area contributed by atoms with E-state index >= 15 is 0 Å². The number of methoxy groups -OCH3 is 1. The van der Waals surface area contributed by atoms with Gasteiger partial charge in [0.25, 0.3) is 0 Å². The molecule has 17 heavy (non-hydrogen) atoms. The van der Waals surface area contributed by atoms with Gasteiger partial charge in [-0.2, -0.15) is 0 Å². The molecule has 0 radical (unpaired) electrons. The molecule has 0 aliphatic carbocycles. The van der Waals surface area contributed by atoms with Crippen LogP contribution in [-0.2, 0) is 11.3 Å². The smallest absolute Gasteiger partial charge is 0.0618 e. The average Bonchev–Trinajstić information content (AvgIpc) is 2.28. The maximum atomic E-state index is 5.25. The Morgan fingerprint density at radius 1 is 1.24 bits per heavy atom. The van der Waals surface area contributed by atoms with Crippen LogP contribution >= 0.6 is 0 Å². The number of aryl methyl sites for hydroxylation is 2. The molecule has 0 aliphatic rings. The second-order valence-electron chi connectivity index (χ2n) is 5.12. The van der Waals surface area contributed by atoms with Crippen molar-refractivity contribution in [2.24, 2.45) is 5.92 Å². The molecule has 96 valence electrons. The van der Waals surface area contributed by atoms with E-state index in [-0.39, 0.29) is 0 Å². The number of hydrogen-bond donors (Lipinski definition) is 1. The molecular formula is C15H25NO. The highest BCUT2D eigenvalue weighted by molar-refractivity contribution is 5.30. The number of benzene rings is 1. The second-order valence-corrected chi connectivity index (χ2v) is 5.12. The molecule has 1 atom stereocenters. The summed E-state index contributed by atoms with van der Waals surface area (Å²) in [4.78, 5) is 0. The van der Waals surface area contributed by atoms with Crippen molar-refractivity contribution in [2.75, 3.05) is 13.7 Å². The van der Waals surface area contributed by atoms with Gasteiger partial charge in [-0.15, -0.1) is 0 Å². The summed E-state index contributed by atoms with van der Waals surface area (Å²) in [6, 6.07) is 7.02. The van der Waals surface area contributed by atoms with Crippen molar-refractivity contribution in [2.45, 2.75) is 40.3 Å². The highest BCUT2D eigenvalue weighted by Crippen LogP contribution is 2.11. The standard InChI is InChI=1S/C15H25NO/c1-11(2)15(10-17-5)16-9-14-8-12(3)6-7-13(14)4/h6-8,11,15-16H,9-10H2,1-5H3. The molecule has 0 amide bonds. The van der Waals surface area contributed by atoms with Gasteiger partial charge in [-0.3, -0.25) is 0 Å². The van der Waals surface area contributed by atoms with Crippen LogP contribution < -0.4 is 5.32 Å². The van der Waals surface area contributed by atoms with Crippen LogP contribution in [0.25, 0.3) is 0 Å². The summed E-state index contributed by atoms with van der Waals surface area (Å²) in [5, 5.41) is 3.58. The number of hydrogen-bond acceptors (Lipinski definition) is 2. The summed E-state index contributed by atoms with van der Waals surface area (Å²) in [6.45, 7) is 10.4. The quantitative estimate of drug-likeness (QED) is 0.818. The molecule has 2 heteroatoms. The zero-order chi connectivity index (χ0) is 12.8. The van der Waals surface area contributed by atoms with Crippen LogP contribution in [0.3, 0.4) is 0 Å². The van der Waals surface area contributed by atoms with Crippen LogP contribution in [0.2, 0.25) is 0 Å². The molecule has 2 nitrogen and oxygen atoms in total. The van der Waals surface area contributed by atoms with Gasteiger partial charge in [-0.25, -0.2) is 0 Å². The lowest BCUT2D eigenvalue weighted by Gasteiger charge is -2.22. The van der Waals surface area contributed by atoms with Crippen LogP contribution in [0.1, 0.15) is 30.5 Å². The van der Waals surface area contributed by atoms with Gasteiger partial charge in [0.15, 0.2) is 0 Å². The zero-order valence-corrected chi connectivity index (χ0v) is 11.7. The highest BCUT2D eigenvalue weighted by Gasteiger charge is 2.12. The zero-order valence-electron chi connectivity index (χ0n) is 11.7. The Bertz CT molecular complexity index is 347. The molecule has 0 heterocycles. The third-order valence-corrected chi connectivity index (χ3v) is 3.21. The van der Waals surface area contributed by atoms with Gasteiger partial charge in [-0.05, 0) is 30.9 Å². The number of rotatable bonds is 6. The lowest BCUT2D eigenvalue weighted by atomic mass is 10.0. The lowest BCUT2D eigenvalue weighted by molar-refractivity contribution is 0.146. The topological polar surface area (TPSA) is 21.3 Å². The molecule has 1 aromatic rings. The Labute approximate surface area is 105 Å². The third-order valence-electron chi connectivity index (χ3n) is 3.21. The third kappa shape index (κ3) is 4.49. The van der Waals surface area contributed by atoms with Crippen molar-refractivity contribution in [3.8, 4) is 0 Å². The maximum absolute atomic E-state index is 5.25. The van der Waals surface area contributed by atoms with Crippen molar-refractivity contribution < 1.29 is 4.74 Å². The Kier molecular flexibility index (Phi) is 5.66. The van der Waals surface area contributed by atoms with Gasteiger partial charge >= 0.3 is 0 Å². The van der Waals surface area contributed by atoms with E-state index in [1.807, 2.05) is 0 Å². The Hall–Kier alpha value is -0.860. The summed E-state index contributed by atoms with van der Waals surface area (Å²) in [6.07, 6.45) is 0. The van der Waals surface area contributed by atoms with Crippen LogP contribution in [0.5, 0.6) is 0 Å². The fourth-order valence-corrected chi connectivity index (χ4v) is 1.90. The first-order valence-electron chi connectivity index (χ1n) is 6.33. The highest BCUT2D eigenvalue weighted by atomic mass is 16.5. The van der Waals surface area contributed by atoms with E-state index in [9.17, 15) is 0 Å². The van der Waals surface area contributed by atoms with Crippen molar-refractivity contribution >= 4 is 0 Å². The molecule has 0 aromatic heterocycles. The SMILES string of the molecule is COCC(NCc1cc(C)ccc1C)C(C)C. The van der Waals surface area contributed by atoms with Crippen molar-refractivity contribution in [3.05, 3.63) is 34.9 Å². The van der Waals surface area contributed by atoms with Gasteiger partial charge in [0, 0.05) is 19.7 Å². The van der Waals surface area contributed by atoms with Gasteiger partial charge < -0.3 is 10.1 Å². The first-order chi connectivity index (χ1) is 8.04. The minimum atomic E-state index is 0.417. The average molecular weight is 235 g/mol. The predicted octanol–water partition coefficient (Wildman–Crippen LogP) is 3.06. The molecule has 0 saturated heterocycles. The molecule has 1 N–H and O–H groups in total. The van der Waals surface area contributed by atoms with Gasteiger partial charge in [0.05, 0.1) is 6.61 Å². The monoisotopic (exact) mass is 235 g/mol. The lowest BCUT2D eigenvalue weighted by Crippen LogP contribution is -2.37. The molecule has 1 rings (SSSR count). The molecule has 0 saturated carbocycles. The minimum Gasteiger partial charge on any atom is -0.383 e. The maximum Gasteiger partial charge on any atom is 0.0618 e. The van der Waals surface area contributed by atoms with E-state index in [2.05, 4.69) is 51.2 Å². The van der Waals surface area contributed by atoms with Crippen LogP contribution in [-0.4, -0.2) is 19.8 Å². The first kappa shape index (κ1) is 14.2. The van der Waals surface area contributed by atoms with Crippen molar-refractivity contribution in [1.82, 2.24) is 5.32 Å². The van der Waals surface area contributed by atoms with E-state index in [4.69, 9.17) is 4.74 Å². The molecule has 0 spiro atoms. The normalized spacial score (nSPS) is 13.1. The molecule has 1 aromatic carbocycles.